The van der Waals surface area contributed by atoms with Gasteiger partial charge in [-0.1, -0.05) is 33.6 Å². The predicted octanol–water partition coefficient (Wildman–Crippen LogP) is 1.99. The summed E-state index contributed by atoms with van der Waals surface area (Å²) in [5.41, 5.74) is 0. The SMILES string of the molecule is CC.CCCCC(C=O)NC. The maximum absolute atomic E-state index is 10.2. The Balaban J connectivity index is 0. The molecule has 0 aliphatic heterocycles. The van der Waals surface area contributed by atoms with Crippen molar-refractivity contribution >= 4 is 6.29 Å². The zero-order chi connectivity index (χ0) is 9.11. The van der Waals surface area contributed by atoms with E-state index in [9.17, 15) is 4.79 Å². The van der Waals surface area contributed by atoms with Crippen LogP contribution in [-0.2, 0) is 4.79 Å². The minimum atomic E-state index is 0.0740. The van der Waals surface area contributed by atoms with E-state index in [1.54, 1.807) is 0 Å². The van der Waals surface area contributed by atoms with Crippen LogP contribution in [0.5, 0.6) is 0 Å². The minimum absolute atomic E-state index is 0.0740. The van der Waals surface area contributed by atoms with Crippen LogP contribution in [0.3, 0.4) is 0 Å². The molecule has 0 aromatic rings. The van der Waals surface area contributed by atoms with Crippen molar-refractivity contribution in [1.82, 2.24) is 5.32 Å². The van der Waals surface area contributed by atoms with Gasteiger partial charge in [0.05, 0.1) is 6.04 Å². The van der Waals surface area contributed by atoms with Crippen LogP contribution in [0, 0.1) is 0 Å². The van der Waals surface area contributed by atoms with Gasteiger partial charge in [0, 0.05) is 0 Å². The van der Waals surface area contributed by atoms with Crippen LogP contribution in [0.1, 0.15) is 40.0 Å². The van der Waals surface area contributed by atoms with Crippen LogP contribution in [0.15, 0.2) is 0 Å². The first-order valence-corrected chi connectivity index (χ1v) is 4.47. The lowest BCUT2D eigenvalue weighted by Crippen LogP contribution is -2.26. The first-order valence-electron chi connectivity index (χ1n) is 4.47. The van der Waals surface area contributed by atoms with E-state index < -0.39 is 0 Å². The maximum Gasteiger partial charge on any atom is 0.136 e. The quantitative estimate of drug-likeness (QED) is 0.621. The highest BCUT2D eigenvalue weighted by Crippen LogP contribution is 1.96. The first kappa shape index (κ1) is 13.2. The number of rotatable bonds is 5. The molecule has 11 heavy (non-hydrogen) atoms. The van der Waals surface area contributed by atoms with E-state index in [0.29, 0.717) is 0 Å². The number of unbranched alkanes of at least 4 members (excludes halogenated alkanes) is 1. The number of hydrogen-bond donors (Lipinski definition) is 1. The molecule has 2 nitrogen and oxygen atoms in total. The average molecular weight is 159 g/mol. The van der Waals surface area contributed by atoms with E-state index in [4.69, 9.17) is 0 Å². The van der Waals surface area contributed by atoms with Gasteiger partial charge < -0.3 is 10.1 Å². The van der Waals surface area contributed by atoms with Crippen molar-refractivity contribution in [2.45, 2.75) is 46.1 Å². The molecule has 0 fully saturated rings. The highest BCUT2D eigenvalue weighted by Gasteiger charge is 2.00. The average Bonchev–Trinajstić information content (AvgIpc) is 2.10. The second-order valence-electron chi connectivity index (χ2n) is 2.17. The summed E-state index contributed by atoms with van der Waals surface area (Å²) < 4.78 is 0. The molecule has 1 N–H and O–H groups in total. The van der Waals surface area contributed by atoms with Gasteiger partial charge in [0.25, 0.3) is 0 Å². The standard InChI is InChI=1S/C7H15NO.C2H6/c1-3-4-5-7(6-9)8-2;1-2/h6-8H,3-5H2,1-2H3;1-2H3. The molecule has 0 aromatic heterocycles. The Morgan fingerprint density at radius 1 is 1.45 bits per heavy atom. The smallest absolute Gasteiger partial charge is 0.136 e. The van der Waals surface area contributed by atoms with E-state index in [2.05, 4.69) is 12.2 Å². The van der Waals surface area contributed by atoms with Crippen LogP contribution in [0.4, 0.5) is 0 Å². The summed E-state index contributed by atoms with van der Waals surface area (Å²) >= 11 is 0. The van der Waals surface area contributed by atoms with Gasteiger partial charge in [0.2, 0.25) is 0 Å². The summed E-state index contributed by atoms with van der Waals surface area (Å²) in [7, 11) is 1.81. The van der Waals surface area contributed by atoms with Gasteiger partial charge in [0.15, 0.2) is 0 Å². The molecule has 1 unspecified atom stereocenters. The minimum Gasteiger partial charge on any atom is -0.311 e. The molecular weight excluding hydrogens is 138 g/mol. The normalized spacial score (nSPS) is 11.3. The van der Waals surface area contributed by atoms with Gasteiger partial charge in [-0.15, -0.1) is 0 Å². The first-order chi connectivity index (χ1) is 5.35. The Hall–Kier alpha value is -0.370. The lowest BCUT2D eigenvalue weighted by molar-refractivity contribution is -0.109. The maximum atomic E-state index is 10.2. The number of carbonyl (C=O) groups is 1. The van der Waals surface area contributed by atoms with Crippen molar-refractivity contribution in [3.63, 3.8) is 0 Å². The van der Waals surface area contributed by atoms with Gasteiger partial charge in [-0.2, -0.15) is 0 Å². The fourth-order valence-corrected chi connectivity index (χ4v) is 0.704. The number of aldehydes is 1. The zero-order valence-electron chi connectivity index (χ0n) is 8.18. The highest BCUT2D eigenvalue weighted by molar-refractivity contribution is 5.57. The number of hydrogen-bond acceptors (Lipinski definition) is 2. The molecule has 0 aromatic carbocycles. The lowest BCUT2D eigenvalue weighted by Gasteiger charge is -2.05. The highest BCUT2D eigenvalue weighted by atomic mass is 16.1. The molecule has 1 atom stereocenters. The van der Waals surface area contributed by atoms with Crippen molar-refractivity contribution < 1.29 is 4.79 Å². The summed E-state index contributed by atoms with van der Waals surface area (Å²) in [6, 6.07) is 0.0740. The molecule has 0 bridgehead atoms. The third kappa shape index (κ3) is 9.63. The molecule has 68 valence electrons. The largest absolute Gasteiger partial charge is 0.311 e. The van der Waals surface area contributed by atoms with Gasteiger partial charge in [-0.3, -0.25) is 0 Å². The Morgan fingerprint density at radius 3 is 2.27 bits per heavy atom. The van der Waals surface area contributed by atoms with Crippen molar-refractivity contribution in [1.29, 1.82) is 0 Å². The molecule has 0 spiro atoms. The fourth-order valence-electron chi connectivity index (χ4n) is 0.704. The molecule has 0 saturated heterocycles. The molecule has 0 heterocycles. The molecule has 0 amide bonds. The monoisotopic (exact) mass is 159 g/mol. The van der Waals surface area contributed by atoms with Crippen LogP contribution >= 0.6 is 0 Å². The Labute approximate surface area is 70.4 Å². The summed E-state index contributed by atoms with van der Waals surface area (Å²) in [4.78, 5) is 10.2. The van der Waals surface area contributed by atoms with Crippen LogP contribution in [0.2, 0.25) is 0 Å². The molecule has 0 saturated carbocycles. The van der Waals surface area contributed by atoms with Crippen molar-refractivity contribution in [3.05, 3.63) is 0 Å². The van der Waals surface area contributed by atoms with Gasteiger partial charge >= 0.3 is 0 Å². The topological polar surface area (TPSA) is 29.1 Å². The Bertz CT molecular complexity index is 74.0. The van der Waals surface area contributed by atoms with Gasteiger partial charge in [-0.05, 0) is 13.5 Å². The number of nitrogens with one attached hydrogen (secondary N) is 1. The lowest BCUT2D eigenvalue weighted by atomic mass is 10.1. The van der Waals surface area contributed by atoms with Crippen LogP contribution in [0.25, 0.3) is 0 Å². The second-order valence-corrected chi connectivity index (χ2v) is 2.17. The molecule has 2 heteroatoms. The predicted molar refractivity (Wildman–Crippen MR) is 49.8 cm³/mol. The van der Waals surface area contributed by atoms with E-state index in [0.717, 1.165) is 25.5 Å². The van der Waals surface area contributed by atoms with Crippen molar-refractivity contribution in [2.24, 2.45) is 0 Å². The molecular formula is C9H21NO. The molecule has 0 radical (unpaired) electrons. The van der Waals surface area contributed by atoms with Crippen molar-refractivity contribution in [2.75, 3.05) is 7.05 Å². The molecule has 0 aliphatic carbocycles. The second kappa shape index (κ2) is 12.3. The van der Waals surface area contributed by atoms with E-state index >= 15 is 0 Å². The number of likely N-dealkylation sites (N-methyl/N-ethyl adjacent to an activating group) is 1. The van der Waals surface area contributed by atoms with Gasteiger partial charge in [-0.25, -0.2) is 0 Å². The number of carbonyl (C=O) groups excluding carboxylic acids is 1. The molecule has 0 aliphatic rings. The summed E-state index contributed by atoms with van der Waals surface area (Å²) in [5, 5.41) is 2.92. The van der Waals surface area contributed by atoms with Gasteiger partial charge in [0.1, 0.15) is 6.29 Å². The summed E-state index contributed by atoms with van der Waals surface area (Å²) in [5.74, 6) is 0. The van der Waals surface area contributed by atoms with Crippen molar-refractivity contribution in [3.8, 4) is 0 Å². The van der Waals surface area contributed by atoms with Crippen LogP contribution < -0.4 is 5.32 Å². The Kier molecular flexibility index (Phi) is 14.8. The third-order valence-electron chi connectivity index (χ3n) is 1.40. The fraction of sp³-hybridized carbons (Fsp3) is 0.889. The van der Waals surface area contributed by atoms with Crippen LogP contribution in [-0.4, -0.2) is 19.4 Å². The summed E-state index contributed by atoms with van der Waals surface area (Å²) in [6.07, 6.45) is 4.22. The van der Waals surface area contributed by atoms with E-state index in [1.807, 2.05) is 20.9 Å². The molecule has 0 rings (SSSR count). The zero-order valence-corrected chi connectivity index (χ0v) is 8.18. The Morgan fingerprint density at radius 2 is 2.00 bits per heavy atom. The van der Waals surface area contributed by atoms with E-state index in [-0.39, 0.29) is 6.04 Å². The summed E-state index contributed by atoms with van der Waals surface area (Å²) in [6.45, 7) is 6.12. The third-order valence-corrected chi connectivity index (χ3v) is 1.40. The van der Waals surface area contributed by atoms with E-state index in [1.165, 1.54) is 0 Å².